The van der Waals surface area contributed by atoms with Gasteiger partial charge in [-0.3, -0.25) is 0 Å². The van der Waals surface area contributed by atoms with Crippen LogP contribution in [0.15, 0.2) is 23.1 Å². The molecule has 0 amide bonds. The van der Waals surface area contributed by atoms with E-state index in [-0.39, 0.29) is 17.3 Å². The molecule has 1 saturated heterocycles. The first-order valence-electron chi connectivity index (χ1n) is 6.36. The smallest absolute Gasteiger partial charge is 0.243 e. The lowest BCUT2D eigenvalue weighted by Crippen LogP contribution is -2.30. The molecule has 2 rings (SSSR count). The Bertz CT molecular complexity index is 565. The van der Waals surface area contributed by atoms with Crippen LogP contribution in [0.4, 0.5) is 4.39 Å². The van der Waals surface area contributed by atoms with Gasteiger partial charge in [0, 0.05) is 13.1 Å². The Hall–Kier alpha value is -0.690. The molecular weight excluding hydrogens is 303 g/mol. The van der Waals surface area contributed by atoms with Crippen LogP contribution in [0.25, 0.3) is 0 Å². The third-order valence-corrected chi connectivity index (χ3v) is 5.38. The first-order chi connectivity index (χ1) is 8.95. The molecular formula is C13H20ClFN2O2S. The number of hydrogen-bond acceptors (Lipinski definition) is 3. The number of halogens is 2. The maximum Gasteiger partial charge on any atom is 0.243 e. The van der Waals surface area contributed by atoms with Gasteiger partial charge in [-0.15, -0.1) is 12.4 Å². The van der Waals surface area contributed by atoms with Crippen molar-refractivity contribution in [2.45, 2.75) is 18.2 Å². The first-order valence-corrected chi connectivity index (χ1v) is 7.80. The summed E-state index contributed by atoms with van der Waals surface area (Å²) in [6.45, 7) is 3.42. The van der Waals surface area contributed by atoms with Crippen LogP contribution in [0, 0.1) is 18.7 Å². The van der Waals surface area contributed by atoms with Gasteiger partial charge < -0.3 is 5.32 Å². The summed E-state index contributed by atoms with van der Waals surface area (Å²) < 4.78 is 39.7. The molecule has 7 heteroatoms. The van der Waals surface area contributed by atoms with Crippen LogP contribution in [0.3, 0.4) is 0 Å². The highest BCUT2D eigenvalue weighted by Gasteiger charge is 2.32. The lowest BCUT2D eigenvalue weighted by atomic mass is 10.1. The summed E-state index contributed by atoms with van der Waals surface area (Å²) in [5, 5.41) is 3.06. The lowest BCUT2D eigenvalue weighted by molar-refractivity contribution is 0.450. The predicted octanol–water partition coefficient (Wildman–Crippen LogP) is 1.79. The molecule has 1 fully saturated rings. The van der Waals surface area contributed by atoms with Crippen molar-refractivity contribution in [3.05, 3.63) is 29.6 Å². The van der Waals surface area contributed by atoms with Gasteiger partial charge >= 0.3 is 0 Å². The summed E-state index contributed by atoms with van der Waals surface area (Å²) in [5.74, 6) is -0.151. The average Bonchev–Trinajstić information content (AvgIpc) is 2.82. The number of nitrogens with one attached hydrogen (secondary N) is 1. The molecule has 1 aliphatic rings. The van der Waals surface area contributed by atoms with Gasteiger partial charge in [0.05, 0.1) is 4.90 Å². The second-order valence-electron chi connectivity index (χ2n) is 4.99. The van der Waals surface area contributed by atoms with Crippen LogP contribution < -0.4 is 5.32 Å². The average molecular weight is 323 g/mol. The van der Waals surface area contributed by atoms with E-state index in [1.165, 1.54) is 16.4 Å². The van der Waals surface area contributed by atoms with Crippen molar-refractivity contribution < 1.29 is 12.8 Å². The predicted molar refractivity (Wildman–Crippen MR) is 79.2 cm³/mol. The van der Waals surface area contributed by atoms with E-state index in [4.69, 9.17) is 0 Å². The van der Waals surface area contributed by atoms with E-state index in [2.05, 4.69) is 5.32 Å². The number of rotatable bonds is 4. The van der Waals surface area contributed by atoms with Crippen LogP contribution in [-0.4, -0.2) is 39.4 Å². The summed E-state index contributed by atoms with van der Waals surface area (Å²) in [6, 6.07) is 4.08. The van der Waals surface area contributed by atoms with E-state index >= 15 is 0 Å². The molecule has 0 saturated carbocycles. The number of nitrogens with zero attached hydrogens (tertiary/aromatic N) is 1. The van der Waals surface area contributed by atoms with E-state index in [1.54, 1.807) is 6.92 Å². The van der Waals surface area contributed by atoms with Crippen molar-refractivity contribution in [1.82, 2.24) is 9.62 Å². The molecule has 20 heavy (non-hydrogen) atoms. The van der Waals surface area contributed by atoms with Crippen molar-refractivity contribution in [3.63, 3.8) is 0 Å². The number of sulfonamides is 1. The molecule has 1 aromatic carbocycles. The van der Waals surface area contributed by atoms with Crippen LogP contribution in [0.2, 0.25) is 0 Å². The summed E-state index contributed by atoms with van der Waals surface area (Å²) in [5.41, 5.74) is 0.452. The van der Waals surface area contributed by atoms with Gasteiger partial charge in [-0.2, -0.15) is 4.31 Å². The molecule has 1 atom stereocenters. The van der Waals surface area contributed by atoms with Crippen molar-refractivity contribution in [2.24, 2.45) is 5.92 Å². The summed E-state index contributed by atoms with van der Waals surface area (Å²) >= 11 is 0. The fraction of sp³-hybridized carbons (Fsp3) is 0.538. The normalized spacial score (nSPS) is 19.9. The summed E-state index contributed by atoms with van der Waals surface area (Å²) in [6.07, 6.45) is 0.842. The van der Waals surface area contributed by atoms with Crippen LogP contribution >= 0.6 is 12.4 Å². The van der Waals surface area contributed by atoms with Gasteiger partial charge in [-0.1, -0.05) is 6.07 Å². The minimum absolute atomic E-state index is 0. The molecule has 0 radical (unpaired) electrons. The molecule has 1 aliphatic heterocycles. The SMILES string of the molecule is CNCC1CCN(S(=O)(=O)c2ccc(C)c(F)c2)C1.Cl. The third-order valence-electron chi connectivity index (χ3n) is 3.52. The highest BCUT2D eigenvalue weighted by molar-refractivity contribution is 7.89. The lowest BCUT2D eigenvalue weighted by Gasteiger charge is -2.17. The second kappa shape index (κ2) is 6.85. The van der Waals surface area contributed by atoms with Gasteiger partial charge in [-0.25, -0.2) is 12.8 Å². The van der Waals surface area contributed by atoms with E-state index in [0.29, 0.717) is 24.6 Å². The fourth-order valence-electron chi connectivity index (χ4n) is 2.35. The van der Waals surface area contributed by atoms with Gasteiger partial charge in [0.2, 0.25) is 10.0 Å². The quantitative estimate of drug-likeness (QED) is 0.919. The van der Waals surface area contributed by atoms with E-state index in [9.17, 15) is 12.8 Å². The van der Waals surface area contributed by atoms with Crippen molar-refractivity contribution in [3.8, 4) is 0 Å². The molecule has 0 spiro atoms. The fourth-order valence-corrected chi connectivity index (χ4v) is 3.90. The zero-order valence-corrected chi connectivity index (χ0v) is 13.2. The van der Waals surface area contributed by atoms with E-state index < -0.39 is 15.8 Å². The monoisotopic (exact) mass is 322 g/mol. The Morgan fingerprint density at radius 1 is 1.45 bits per heavy atom. The van der Waals surface area contributed by atoms with Gasteiger partial charge in [0.15, 0.2) is 0 Å². The third kappa shape index (κ3) is 3.49. The minimum Gasteiger partial charge on any atom is -0.319 e. The minimum atomic E-state index is -3.56. The molecule has 1 N–H and O–H groups in total. The highest BCUT2D eigenvalue weighted by Crippen LogP contribution is 2.25. The highest BCUT2D eigenvalue weighted by atomic mass is 35.5. The topological polar surface area (TPSA) is 49.4 Å². The number of aryl methyl sites for hydroxylation is 1. The molecule has 0 aromatic heterocycles. The Balaban J connectivity index is 0.00000200. The van der Waals surface area contributed by atoms with Crippen LogP contribution in [0.5, 0.6) is 0 Å². The molecule has 114 valence electrons. The van der Waals surface area contributed by atoms with Crippen molar-refractivity contribution in [1.29, 1.82) is 0 Å². The van der Waals surface area contributed by atoms with Crippen LogP contribution in [0.1, 0.15) is 12.0 Å². The number of benzene rings is 1. The second-order valence-corrected chi connectivity index (χ2v) is 6.92. The zero-order valence-electron chi connectivity index (χ0n) is 11.6. The maximum atomic E-state index is 13.5. The molecule has 0 bridgehead atoms. The van der Waals surface area contributed by atoms with E-state index in [0.717, 1.165) is 19.0 Å². The van der Waals surface area contributed by atoms with Crippen molar-refractivity contribution in [2.75, 3.05) is 26.7 Å². The maximum absolute atomic E-state index is 13.5. The van der Waals surface area contributed by atoms with Crippen LogP contribution in [-0.2, 0) is 10.0 Å². The molecule has 0 aliphatic carbocycles. The molecule has 1 heterocycles. The zero-order chi connectivity index (χ0) is 14.0. The number of hydrogen-bond donors (Lipinski definition) is 1. The van der Waals surface area contributed by atoms with Gasteiger partial charge in [0.1, 0.15) is 5.82 Å². The summed E-state index contributed by atoms with van der Waals surface area (Å²) in [7, 11) is -1.71. The van der Waals surface area contributed by atoms with Gasteiger partial charge in [-0.05, 0) is 50.6 Å². The molecule has 4 nitrogen and oxygen atoms in total. The largest absolute Gasteiger partial charge is 0.319 e. The Morgan fingerprint density at radius 2 is 2.15 bits per heavy atom. The Labute approximate surface area is 125 Å². The van der Waals surface area contributed by atoms with Crippen molar-refractivity contribution >= 4 is 22.4 Å². The first kappa shape index (κ1) is 17.4. The Kier molecular flexibility index (Phi) is 5.94. The van der Waals surface area contributed by atoms with E-state index in [1.807, 2.05) is 7.05 Å². The molecule has 1 aromatic rings. The van der Waals surface area contributed by atoms with Gasteiger partial charge in [0.25, 0.3) is 0 Å². The molecule has 1 unspecified atom stereocenters. The Morgan fingerprint density at radius 3 is 2.75 bits per heavy atom. The summed E-state index contributed by atoms with van der Waals surface area (Å²) in [4.78, 5) is 0.0423. The standard InChI is InChI=1S/C13H19FN2O2S.ClH/c1-10-3-4-12(7-13(10)14)19(17,18)16-6-5-11(9-16)8-15-2;/h3-4,7,11,15H,5-6,8-9H2,1-2H3;1H.